The summed E-state index contributed by atoms with van der Waals surface area (Å²) in [5.41, 5.74) is 6.54. The number of aromatic amines is 3. The number of hydrogen-bond donors (Lipinski definition) is 15. The van der Waals surface area contributed by atoms with Gasteiger partial charge in [-0.1, -0.05) is 0 Å². The number of phenols is 6. The van der Waals surface area contributed by atoms with Crippen LogP contribution in [0.1, 0.15) is 27.4 Å². The lowest BCUT2D eigenvalue weighted by molar-refractivity contribution is 0.0690. The molecule has 3 aromatic heterocycles. The molecule has 16 N–H and O–H groups in total. The lowest BCUT2D eigenvalue weighted by Gasteiger charge is -2.32. The van der Waals surface area contributed by atoms with Crippen LogP contribution in [0, 0.1) is 0 Å². The molecule has 0 bridgehead atoms. The third kappa shape index (κ3) is 5.61. The van der Waals surface area contributed by atoms with Crippen LogP contribution in [0.25, 0.3) is 44.2 Å². The molecule has 6 aromatic rings. The molecule has 0 aliphatic heterocycles. The highest BCUT2D eigenvalue weighted by molar-refractivity contribution is 6.07. The number of aliphatic hydroxyl groups excluding tert-OH is 3. The van der Waals surface area contributed by atoms with Gasteiger partial charge in [0.25, 0.3) is 0 Å². The van der Waals surface area contributed by atoms with Crippen molar-refractivity contribution in [3.8, 4) is 56.9 Å². The number of anilines is 1. The van der Waals surface area contributed by atoms with Gasteiger partial charge in [0.1, 0.15) is 11.2 Å². The van der Waals surface area contributed by atoms with Gasteiger partial charge < -0.3 is 77.1 Å². The highest BCUT2D eigenvalue weighted by Gasteiger charge is 2.32. The van der Waals surface area contributed by atoms with E-state index in [9.17, 15) is 55.9 Å². The Morgan fingerprint density at radius 2 is 1.32 bits per heavy atom. The molecule has 6 rings (SSSR count). The minimum atomic E-state index is -1.74. The maximum Gasteiger partial charge on any atom is 0.352 e. The second kappa shape index (κ2) is 12.8. The zero-order valence-electron chi connectivity index (χ0n) is 26.2. The Kier molecular flexibility index (Phi) is 8.63. The second-order valence-corrected chi connectivity index (χ2v) is 12.1. The van der Waals surface area contributed by atoms with Crippen molar-refractivity contribution >= 4 is 33.5 Å². The van der Waals surface area contributed by atoms with Crippen LogP contribution in [0.3, 0.4) is 0 Å². The third-order valence-electron chi connectivity index (χ3n) is 8.79. The first kappa shape index (κ1) is 33.8. The van der Waals surface area contributed by atoms with Gasteiger partial charge in [-0.3, -0.25) is 0 Å². The van der Waals surface area contributed by atoms with Crippen molar-refractivity contribution in [3.05, 3.63) is 65.1 Å². The molecule has 3 heterocycles. The Morgan fingerprint density at radius 1 is 0.720 bits per heavy atom. The predicted octanol–water partition coefficient (Wildman–Crippen LogP) is 2.46. The number of aliphatic hydroxyl groups is 3. The number of fused-ring (bicyclic) bond motifs is 2. The van der Waals surface area contributed by atoms with E-state index in [0.29, 0.717) is 22.3 Å². The van der Waals surface area contributed by atoms with Gasteiger partial charge in [0.05, 0.1) is 47.8 Å². The van der Waals surface area contributed by atoms with Crippen LogP contribution in [0.5, 0.6) is 34.5 Å². The first-order chi connectivity index (χ1) is 23.8. The van der Waals surface area contributed by atoms with E-state index < -0.39 is 65.8 Å². The van der Waals surface area contributed by atoms with Gasteiger partial charge in [0.2, 0.25) is 0 Å². The number of phenolic OH excluding ortho intramolecular Hbond substituents is 6. The van der Waals surface area contributed by atoms with E-state index in [0.717, 1.165) is 6.07 Å². The van der Waals surface area contributed by atoms with Crippen molar-refractivity contribution in [3.63, 3.8) is 0 Å². The van der Waals surface area contributed by atoms with Gasteiger partial charge in [-0.25, -0.2) is 4.79 Å². The Labute approximate surface area is 282 Å². The van der Waals surface area contributed by atoms with Crippen LogP contribution < -0.4 is 11.1 Å². The number of carbonyl (C=O) groups is 1. The average Bonchev–Trinajstić information content (AvgIpc) is 3.83. The van der Waals surface area contributed by atoms with E-state index in [1.165, 1.54) is 24.3 Å². The Bertz CT molecular complexity index is 2260. The number of benzene rings is 3. The lowest BCUT2D eigenvalue weighted by atomic mass is 9.90. The van der Waals surface area contributed by atoms with E-state index in [1.54, 1.807) is 12.1 Å². The number of nitrogens with two attached hydrogens (primary N) is 1. The van der Waals surface area contributed by atoms with Crippen LogP contribution >= 0.6 is 0 Å². The zero-order chi connectivity index (χ0) is 36.1. The molecular formula is C34H35N5O11. The van der Waals surface area contributed by atoms with Crippen LogP contribution in [-0.2, 0) is 12.8 Å². The van der Waals surface area contributed by atoms with Gasteiger partial charge in [-0.2, -0.15) is 0 Å². The molecule has 0 saturated carbocycles. The Hall–Kier alpha value is -6.07. The van der Waals surface area contributed by atoms with Gasteiger partial charge in [-0.15, -0.1) is 0 Å². The summed E-state index contributed by atoms with van der Waals surface area (Å²) in [5.74, 6) is -4.60. The summed E-state index contributed by atoms with van der Waals surface area (Å²) >= 11 is 0. The number of H-pyrrole nitrogens is 3. The van der Waals surface area contributed by atoms with Gasteiger partial charge in [0.15, 0.2) is 34.5 Å². The molecule has 0 amide bonds. The monoisotopic (exact) mass is 689 g/mol. The minimum Gasteiger partial charge on any atom is -0.504 e. The summed E-state index contributed by atoms with van der Waals surface area (Å²) in [4.78, 5) is 20.4. The van der Waals surface area contributed by atoms with Gasteiger partial charge in [-0.05, 0) is 54.4 Å². The smallest absolute Gasteiger partial charge is 0.352 e. The number of aromatic nitrogens is 3. The molecule has 262 valence electrons. The summed E-state index contributed by atoms with van der Waals surface area (Å²) in [6, 6.07) is 10.0. The summed E-state index contributed by atoms with van der Waals surface area (Å²) < 4.78 is 0. The maximum absolute atomic E-state index is 11.3. The molecule has 16 nitrogen and oxygen atoms in total. The highest BCUT2D eigenvalue weighted by atomic mass is 16.4. The number of nitrogens with one attached hydrogen (secondary N) is 4. The average molecular weight is 690 g/mol. The number of carboxylic acid groups (broad SMARTS) is 1. The highest BCUT2D eigenvalue weighted by Crippen LogP contribution is 2.51. The van der Waals surface area contributed by atoms with Crippen molar-refractivity contribution in [2.75, 3.05) is 31.7 Å². The van der Waals surface area contributed by atoms with Crippen molar-refractivity contribution in [1.29, 1.82) is 0 Å². The lowest BCUT2D eigenvalue weighted by Crippen LogP contribution is -2.49. The molecule has 0 radical (unpaired) electrons. The summed E-state index contributed by atoms with van der Waals surface area (Å²) in [7, 11) is 0. The normalized spacial score (nSPS) is 11.9. The molecule has 0 fully saturated rings. The van der Waals surface area contributed by atoms with Crippen molar-refractivity contribution < 1.29 is 55.9 Å². The molecule has 50 heavy (non-hydrogen) atoms. The summed E-state index contributed by atoms with van der Waals surface area (Å²) in [6.45, 7) is -2.33. The van der Waals surface area contributed by atoms with Crippen molar-refractivity contribution in [1.82, 2.24) is 15.0 Å². The topological polar surface area (TPSA) is 305 Å². The zero-order valence-corrected chi connectivity index (χ0v) is 26.2. The molecule has 0 spiro atoms. The fourth-order valence-corrected chi connectivity index (χ4v) is 6.20. The van der Waals surface area contributed by atoms with Crippen LogP contribution in [0.2, 0.25) is 0 Å². The standard InChI is InChI=1S/C34H35N5O11/c35-4-3-16-17(8-24(43)32(48)29(16)39-34(11-40,12-41)13-42)27-19-7-23(38-22(19)10-25(44)30(27)46)28-18-6-15(37-21(18)9-26(45)31(28)47)5-14-1-2-20(36-14)33(49)50/h1-2,6-10,36-48H,3-5,11-13,35H2,(H,49,50). The first-order valence-electron chi connectivity index (χ1n) is 15.3. The maximum atomic E-state index is 11.3. The molecule has 0 unspecified atom stereocenters. The largest absolute Gasteiger partial charge is 0.504 e. The minimum absolute atomic E-state index is 0.00655. The molecule has 3 aromatic carbocycles. The van der Waals surface area contributed by atoms with Crippen LogP contribution in [0.4, 0.5) is 5.69 Å². The first-order valence-corrected chi connectivity index (χ1v) is 15.3. The number of aromatic hydroxyl groups is 6. The molecule has 0 aliphatic carbocycles. The Morgan fingerprint density at radius 3 is 1.92 bits per heavy atom. The van der Waals surface area contributed by atoms with Gasteiger partial charge in [0, 0.05) is 46.3 Å². The SMILES string of the molecule is NCCc1c(-c2c(O)c(O)cc3[nH]c(-c4c(O)c(O)cc5[nH]c(Cc6ccc(C(=O)O)[nH]6)cc45)cc23)cc(O)c(O)c1NC(CO)(CO)CO. The van der Waals surface area contributed by atoms with E-state index >= 15 is 0 Å². The van der Waals surface area contributed by atoms with Crippen LogP contribution in [-0.4, -0.2) is 104 Å². The molecular weight excluding hydrogens is 654 g/mol. The predicted molar refractivity (Wildman–Crippen MR) is 182 cm³/mol. The quantitative estimate of drug-likeness (QED) is 0.0822. The summed E-state index contributed by atoms with van der Waals surface area (Å²) in [6.07, 6.45) is 0.267. The molecule has 16 heteroatoms. The van der Waals surface area contributed by atoms with E-state index in [4.69, 9.17) is 5.73 Å². The Balaban J connectivity index is 1.56. The fourth-order valence-electron chi connectivity index (χ4n) is 6.20. The number of carboxylic acids is 1. The van der Waals surface area contributed by atoms with Crippen LogP contribution in [0.15, 0.2) is 42.5 Å². The van der Waals surface area contributed by atoms with Gasteiger partial charge >= 0.3 is 5.97 Å². The van der Waals surface area contributed by atoms with Crippen molar-refractivity contribution in [2.45, 2.75) is 18.4 Å². The molecule has 0 atom stereocenters. The van der Waals surface area contributed by atoms with E-state index in [-0.39, 0.29) is 69.6 Å². The fraction of sp³-hybridized carbons (Fsp3) is 0.206. The van der Waals surface area contributed by atoms with E-state index in [1.807, 2.05) is 0 Å². The number of rotatable bonds is 12. The molecule has 0 saturated heterocycles. The number of hydrogen-bond acceptors (Lipinski definition) is 12. The third-order valence-corrected chi connectivity index (χ3v) is 8.79. The number of aromatic carboxylic acids is 1. The molecule has 0 aliphatic rings. The van der Waals surface area contributed by atoms with E-state index in [2.05, 4.69) is 20.3 Å². The van der Waals surface area contributed by atoms with Crippen molar-refractivity contribution in [2.24, 2.45) is 5.73 Å². The summed E-state index contributed by atoms with van der Waals surface area (Å²) in [5, 5.41) is 108. The second-order valence-electron chi connectivity index (χ2n) is 12.1.